The summed E-state index contributed by atoms with van der Waals surface area (Å²) in [4.78, 5) is 28.9. The molecule has 2 heterocycles. The fourth-order valence-electron chi connectivity index (χ4n) is 5.58. The van der Waals surface area contributed by atoms with Crippen LogP contribution >= 0.6 is 0 Å². The lowest BCUT2D eigenvalue weighted by atomic mass is 10.0. The zero-order valence-corrected chi connectivity index (χ0v) is 22.0. The number of alkyl halides is 4. The summed E-state index contributed by atoms with van der Waals surface area (Å²) in [5.41, 5.74) is -2.77. The molecule has 0 unspecified atom stereocenters. The third-order valence-corrected chi connectivity index (χ3v) is 8.65. The molecule has 1 aromatic heterocycles. The number of piperidine rings is 1. The quantitative estimate of drug-likeness (QED) is 0.398. The number of amides is 1. The van der Waals surface area contributed by atoms with Crippen molar-refractivity contribution >= 4 is 11.6 Å². The molecule has 0 radical (unpaired) electrons. The maximum absolute atomic E-state index is 14.7. The molecule has 1 atom stereocenters. The van der Waals surface area contributed by atoms with Gasteiger partial charge in [-0.1, -0.05) is 18.2 Å². The second-order valence-corrected chi connectivity index (χ2v) is 11.4. The summed E-state index contributed by atoms with van der Waals surface area (Å²) in [7, 11) is 0. The average Bonchev–Trinajstić information content (AvgIpc) is 3.81. The van der Waals surface area contributed by atoms with E-state index in [0.717, 1.165) is 42.8 Å². The molecule has 1 aliphatic heterocycles. The number of anilines is 1. The molecule has 1 saturated heterocycles. The van der Waals surface area contributed by atoms with Crippen LogP contribution in [0.2, 0.25) is 0 Å². The molecule has 11 heteroatoms. The third kappa shape index (κ3) is 5.29. The van der Waals surface area contributed by atoms with Gasteiger partial charge in [0.1, 0.15) is 11.4 Å². The molecule has 3 fully saturated rings. The molecule has 2 aromatic rings. The van der Waals surface area contributed by atoms with E-state index in [0.29, 0.717) is 0 Å². The van der Waals surface area contributed by atoms with Gasteiger partial charge in [-0.05, 0) is 52.4 Å². The Hall–Kier alpha value is -2.95. The normalized spacial score (nSPS) is 21.2. The Kier molecular flexibility index (Phi) is 7.24. The first-order valence-electron chi connectivity index (χ1n) is 13.4. The van der Waals surface area contributed by atoms with Gasteiger partial charge in [0.15, 0.2) is 0 Å². The minimum absolute atomic E-state index is 0.0321. The monoisotopic (exact) mass is 552 g/mol. The lowest BCUT2D eigenvalue weighted by molar-refractivity contribution is 0.0648. The molecule has 6 nitrogen and oxygen atoms in total. The van der Waals surface area contributed by atoms with Gasteiger partial charge < -0.3 is 15.2 Å². The number of rotatable bonds is 9. The van der Waals surface area contributed by atoms with E-state index in [2.05, 4.69) is 22.5 Å². The van der Waals surface area contributed by atoms with Crippen LogP contribution in [0.4, 0.5) is 27.6 Å². The Labute approximate surface area is 223 Å². The van der Waals surface area contributed by atoms with Crippen molar-refractivity contribution in [1.82, 2.24) is 14.8 Å². The smallest absolute Gasteiger partial charge is 0.266 e. The number of halogens is 5. The molecule has 3 aliphatic rings. The van der Waals surface area contributed by atoms with Gasteiger partial charge in [0.05, 0.1) is 22.9 Å². The minimum Gasteiger partial charge on any atom is -0.381 e. The number of pyridine rings is 1. The zero-order valence-electron chi connectivity index (χ0n) is 22.0. The summed E-state index contributed by atoms with van der Waals surface area (Å²) in [6, 6.07) is 3.70. The van der Waals surface area contributed by atoms with Gasteiger partial charge in [-0.2, -0.15) is 0 Å². The van der Waals surface area contributed by atoms with Gasteiger partial charge in [0, 0.05) is 42.5 Å². The maximum Gasteiger partial charge on any atom is 0.266 e. The van der Waals surface area contributed by atoms with Crippen molar-refractivity contribution in [2.24, 2.45) is 0 Å². The molecule has 0 bridgehead atoms. The van der Waals surface area contributed by atoms with Crippen LogP contribution in [0, 0.1) is 5.82 Å². The lowest BCUT2D eigenvalue weighted by Gasteiger charge is -2.37. The number of likely N-dealkylation sites (tertiary alicyclic amines) is 1. The van der Waals surface area contributed by atoms with Gasteiger partial charge in [-0.3, -0.25) is 14.5 Å². The van der Waals surface area contributed by atoms with Crippen molar-refractivity contribution in [2.75, 3.05) is 18.4 Å². The standard InChI is InChI=1S/C28H33F5N4O2/c1-16(18-4-3-5-19(23(18)29)24(30)31)34-25(39)20-15-37(28(10-11-28)26(32)33)22(38)14-21(20)35-17-6-12-36(13-7-17)27(2)8-9-27/h3-5,14-17,24,26,35H,6-13H2,1-2H3,(H,34,39)/t16-/m1/s1. The number of aromatic nitrogens is 1. The van der Waals surface area contributed by atoms with Gasteiger partial charge in [0.25, 0.3) is 24.3 Å². The molecular weight excluding hydrogens is 519 g/mol. The Morgan fingerprint density at radius 2 is 1.69 bits per heavy atom. The first-order valence-corrected chi connectivity index (χ1v) is 13.4. The van der Waals surface area contributed by atoms with Crippen molar-refractivity contribution in [3.8, 4) is 0 Å². The fraction of sp³-hybridized carbons (Fsp3) is 0.571. The van der Waals surface area contributed by atoms with Crippen molar-refractivity contribution in [2.45, 2.75) is 88.4 Å². The van der Waals surface area contributed by atoms with Crippen LogP contribution in [0.1, 0.15) is 86.3 Å². The van der Waals surface area contributed by atoms with Crippen LogP contribution in [0.5, 0.6) is 0 Å². The predicted octanol–water partition coefficient (Wildman–Crippen LogP) is 5.60. The zero-order chi connectivity index (χ0) is 28.1. The van der Waals surface area contributed by atoms with E-state index in [-0.39, 0.29) is 41.2 Å². The highest BCUT2D eigenvalue weighted by Gasteiger charge is 2.53. The molecule has 2 aliphatic carbocycles. The Morgan fingerprint density at radius 3 is 2.26 bits per heavy atom. The molecule has 212 valence electrons. The first kappa shape index (κ1) is 27.6. The van der Waals surface area contributed by atoms with E-state index in [1.807, 2.05) is 0 Å². The van der Waals surface area contributed by atoms with Crippen molar-refractivity contribution in [3.05, 3.63) is 63.3 Å². The molecule has 2 saturated carbocycles. The first-order chi connectivity index (χ1) is 18.4. The average molecular weight is 553 g/mol. The summed E-state index contributed by atoms with van der Waals surface area (Å²) in [5.74, 6) is -1.84. The summed E-state index contributed by atoms with van der Waals surface area (Å²) in [5, 5.41) is 5.88. The van der Waals surface area contributed by atoms with E-state index < -0.39 is 47.3 Å². The highest BCUT2D eigenvalue weighted by atomic mass is 19.3. The number of nitrogens with one attached hydrogen (secondary N) is 2. The van der Waals surface area contributed by atoms with Crippen molar-refractivity contribution in [3.63, 3.8) is 0 Å². The molecule has 2 N–H and O–H groups in total. The summed E-state index contributed by atoms with van der Waals surface area (Å²) in [6.07, 6.45) is -0.552. The summed E-state index contributed by atoms with van der Waals surface area (Å²) in [6.45, 7) is 5.40. The second kappa shape index (κ2) is 10.2. The Bertz CT molecular complexity index is 1300. The van der Waals surface area contributed by atoms with Crippen LogP contribution in [0.3, 0.4) is 0 Å². The van der Waals surface area contributed by atoms with Gasteiger partial charge in [0.2, 0.25) is 0 Å². The largest absolute Gasteiger partial charge is 0.381 e. The molecule has 1 amide bonds. The van der Waals surface area contributed by atoms with Crippen LogP contribution < -0.4 is 16.2 Å². The molecular formula is C28H33F5N4O2. The van der Waals surface area contributed by atoms with Crippen LogP contribution in [-0.2, 0) is 5.54 Å². The van der Waals surface area contributed by atoms with Crippen LogP contribution in [0.25, 0.3) is 0 Å². The van der Waals surface area contributed by atoms with E-state index in [9.17, 15) is 31.5 Å². The lowest BCUT2D eigenvalue weighted by Crippen LogP contribution is -2.45. The van der Waals surface area contributed by atoms with Gasteiger partial charge in [-0.15, -0.1) is 0 Å². The number of carbonyl (C=O) groups excluding carboxylic acids is 1. The number of nitrogens with zero attached hydrogens (tertiary/aromatic N) is 2. The maximum atomic E-state index is 14.7. The SMILES string of the molecule is C[C@@H](NC(=O)c1cn(C2(C(F)F)CC2)c(=O)cc1NC1CCN(C2(C)CC2)CC1)c1cccc(C(F)F)c1F. The second-order valence-electron chi connectivity index (χ2n) is 11.4. The van der Waals surface area contributed by atoms with Crippen molar-refractivity contribution in [1.29, 1.82) is 0 Å². The van der Waals surface area contributed by atoms with E-state index in [1.54, 1.807) is 0 Å². The predicted molar refractivity (Wildman–Crippen MR) is 137 cm³/mol. The topological polar surface area (TPSA) is 66.4 Å². The van der Waals surface area contributed by atoms with Crippen molar-refractivity contribution < 1.29 is 26.7 Å². The van der Waals surface area contributed by atoms with Gasteiger partial charge >= 0.3 is 0 Å². The van der Waals surface area contributed by atoms with E-state index in [1.165, 1.54) is 38.0 Å². The highest BCUT2D eigenvalue weighted by molar-refractivity contribution is 5.99. The highest BCUT2D eigenvalue weighted by Crippen LogP contribution is 2.48. The number of hydrogen-bond donors (Lipinski definition) is 2. The molecule has 0 spiro atoms. The third-order valence-electron chi connectivity index (χ3n) is 8.65. The minimum atomic E-state index is -3.02. The van der Waals surface area contributed by atoms with E-state index >= 15 is 0 Å². The van der Waals surface area contributed by atoms with Crippen LogP contribution in [0.15, 0.2) is 35.3 Å². The van der Waals surface area contributed by atoms with Gasteiger partial charge in [-0.25, -0.2) is 22.0 Å². The Balaban J connectivity index is 1.42. The number of hydrogen-bond acceptors (Lipinski definition) is 4. The summed E-state index contributed by atoms with van der Waals surface area (Å²) >= 11 is 0. The summed E-state index contributed by atoms with van der Waals surface area (Å²) < 4.78 is 69.8. The molecule has 39 heavy (non-hydrogen) atoms. The van der Waals surface area contributed by atoms with Crippen LogP contribution in [-0.4, -0.2) is 46.5 Å². The molecule has 5 rings (SSSR count). The Morgan fingerprint density at radius 1 is 1.05 bits per heavy atom. The number of carbonyl (C=O) groups is 1. The molecule has 1 aromatic carbocycles. The fourth-order valence-corrected chi connectivity index (χ4v) is 5.58. The number of benzene rings is 1. The van der Waals surface area contributed by atoms with E-state index in [4.69, 9.17) is 0 Å².